The van der Waals surface area contributed by atoms with Crippen molar-refractivity contribution in [2.75, 3.05) is 37.7 Å². The fraction of sp³-hybridized carbons (Fsp3) is 1.00. The van der Waals surface area contributed by atoms with Crippen LogP contribution in [-0.2, 0) is 20.0 Å². The molecule has 1 fully saturated rings. The van der Waals surface area contributed by atoms with Crippen LogP contribution in [0.25, 0.3) is 0 Å². The molecule has 0 aromatic carbocycles. The SMILES string of the molecule is CCS(=O)(=O)NCCS(=O)(=O)N1CCNCC1C. The molecule has 0 saturated carbocycles. The first-order valence-corrected chi connectivity index (χ1v) is 9.22. The molecule has 0 radical (unpaired) electrons. The number of hydrogen-bond donors (Lipinski definition) is 2. The molecule has 1 unspecified atom stereocenters. The smallest absolute Gasteiger partial charge is 0.215 e. The van der Waals surface area contributed by atoms with Crippen molar-refractivity contribution in [2.24, 2.45) is 0 Å². The van der Waals surface area contributed by atoms with E-state index in [4.69, 9.17) is 0 Å². The average Bonchev–Trinajstić information content (AvgIpc) is 2.29. The Morgan fingerprint density at radius 1 is 1.33 bits per heavy atom. The van der Waals surface area contributed by atoms with Crippen LogP contribution in [0.1, 0.15) is 13.8 Å². The molecule has 1 aliphatic heterocycles. The van der Waals surface area contributed by atoms with E-state index < -0.39 is 20.0 Å². The number of piperazine rings is 1. The molecule has 1 rings (SSSR count). The maximum atomic E-state index is 12.0. The molecule has 0 aromatic rings. The summed E-state index contributed by atoms with van der Waals surface area (Å²) in [5, 5.41) is 3.11. The van der Waals surface area contributed by atoms with Crippen LogP contribution in [0.2, 0.25) is 0 Å². The number of hydrogen-bond acceptors (Lipinski definition) is 5. The van der Waals surface area contributed by atoms with Gasteiger partial charge >= 0.3 is 0 Å². The van der Waals surface area contributed by atoms with Gasteiger partial charge in [-0.3, -0.25) is 0 Å². The van der Waals surface area contributed by atoms with E-state index in [2.05, 4.69) is 10.0 Å². The maximum absolute atomic E-state index is 12.0. The fourth-order valence-corrected chi connectivity index (χ4v) is 4.11. The lowest BCUT2D eigenvalue weighted by Crippen LogP contribution is -2.53. The van der Waals surface area contributed by atoms with Gasteiger partial charge in [0, 0.05) is 32.2 Å². The minimum Gasteiger partial charge on any atom is -0.314 e. The molecule has 0 bridgehead atoms. The lowest BCUT2D eigenvalue weighted by molar-refractivity contribution is 0.284. The second-order valence-electron chi connectivity index (χ2n) is 4.28. The predicted octanol–water partition coefficient (Wildman–Crippen LogP) is -1.45. The first-order valence-electron chi connectivity index (χ1n) is 5.96. The minimum atomic E-state index is -3.40. The van der Waals surface area contributed by atoms with E-state index in [1.165, 1.54) is 11.2 Å². The van der Waals surface area contributed by atoms with Gasteiger partial charge < -0.3 is 5.32 Å². The van der Waals surface area contributed by atoms with Gasteiger partial charge in [-0.25, -0.2) is 21.6 Å². The summed E-state index contributed by atoms with van der Waals surface area (Å²) in [5.74, 6) is -0.242. The van der Waals surface area contributed by atoms with Crippen LogP contribution < -0.4 is 10.0 Å². The van der Waals surface area contributed by atoms with E-state index in [0.29, 0.717) is 19.6 Å². The second-order valence-corrected chi connectivity index (χ2v) is 8.41. The Kier molecular flexibility index (Phi) is 5.53. The van der Waals surface area contributed by atoms with Gasteiger partial charge in [0.2, 0.25) is 20.0 Å². The van der Waals surface area contributed by atoms with E-state index in [0.717, 1.165) is 0 Å². The van der Waals surface area contributed by atoms with E-state index >= 15 is 0 Å². The molecule has 0 spiro atoms. The van der Waals surface area contributed by atoms with Crippen LogP contribution in [0.15, 0.2) is 0 Å². The third kappa shape index (κ3) is 4.47. The van der Waals surface area contributed by atoms with E-state index in [1.807, 2.05) is 6.92 Å². The van der Waals surface area contributed by atoms with Crippen molar-refractivity contribution in [1.82, 2.24) is 14.3 Å². The van der Waals surface area contributed by atoms with Crippen LogP contribution in [0.3, 0.4) is 0 Å². The van der Waals surface area contributed by atoms with Crippen molar-refractivity contribution in [1.29, 1.82) is 0 Å². The Bertz CT molecular complexity index is 460. The number of sulfonamides is 2. The predicted molar refractivity (Wildman–Crippen MR) is 70.3 cm³/mol. The number of nitrogens with one attached hydrogen (secondary N) is 2. The quantitative estimate of drug-likeness (QED) is 0.625. The molecular weight excluding hydrogens is 278 g/mol. The standard InChI is InChI=1S/C9H21N3O4S2/c1-3-17(13,14)11-5-7-18(15,16)12-6-4-10-8-9(12)2/h9-11H,3-8H2,1-2H3. The Hall–Kier alpha value is -0.220. The van der Waals surface area contributed by atoms with Crippen molar-refractivity contribution in [3.8, 4) is 0 Å². The van der Waals surface area contributed by atoms with Crippen molar-refractivity contribution >= 4 is 20.0 Å². The highest BCUT2D eigenvalue weighted by atomic mass is 32.2. The van der Waals surface area contributed by atoms with E-state index in [9.17, 15) is 16.8 Å². The summed E-state index contributed by atoms with van der Waals surface area (Å²) in [6.07, 6.45) is 0. The van der Waals surface area contributed by atoms with Crippen LogP contribution >= 0.6 is 0 Å². The van der Waals surface area contributed by atoms with Crippen LogP contribution in [-0.4, -0.2) is 64.9 Å². The topological polar surface area (TPSA) is 95.6 Å². The zero-order valence-corrected chi connectivity index (χ0v) is 12.3. The summed E-state index contributed by atoms with van der Waals surface area (Å²) >= 11 is 0. The lowest BCUT2D eigenvalue weighted by Gasteiger charge is -2.32. The summed E-state index contributed by atoms with van der Waals surface area (Å²) in [6, 6.07) is -0.0912. The summed E-state index contributed by atoms with van der Waals surface area (Å²) in [4.78, 5) is 0. The normalized spacial score (nSPS) is 23.1. The summed E-state index contributed by atoms with van der Waals surface area (Å²) in [6.45, 7) is 4.96. The van der Waals surface area contributed by atoms with Gasteiger partial charge in [0.1, 0.15) is 0 Å². The third-order valence-corrected chi connectivity index (χ3v) is 6.24. The average molecular weight is 299 g/mol. The number of rotatable bonds is 6. The fourth-order valence-electron chi connectivity index (χ4n) is 1.78. The molecule has 2 N–H and O–H groups in total. The first-order chi connectivity index (χ1) is 8.28. The van der Waals surface area contributed by atoms with E-state index in [-0.39, 0.29) is 24.1 Å². The molecule has 1 saturated heterocycles. The molecule has 7 nitrogen and oxygen atoms in total. The van der Waals surface area contributed by atoms with Gasteiger partial charge in [0.15, 0.2) is 0 Å². The van der Waals surface area contributed by atoms with Gasteiger partial charge in [-0.1, -0.05) is 0 Å². The zero-order chi connectivity index (χ0) is 13.8. The molecule has 1 aliphatic rings. The second kappa shape index (κ2) is 6.29. The van der Waals surface area contributed by atoms with Gasteiger partial charge in [-0.15, -0.1) is 0 Å². The molecule has 0 amide bonds. The molecule has 9 heteroatoms. The first kappa shape index (κ1) is 15.8. The highest BCUT2D eigenvalue weighted by Gasteiger charge is 2.29. The molecule has 0 aromatic heterocycles. The summed E-state index contributed by atoms with van der Waals surface area (Å²) in [5.41, 5.74) is 0. The maximum Gasteiger partial charge on any atom is 0.215 e. The summed E-state index contributed by atoms with van der Waals surface area (Å²) in [7, 11) is -6.73. The Morgan fingerprint density at radius 3 is 2.56 bits per heavy atom. The number of nitrogens with zero attached hydrogens (tertiary/aromatic N) is 1. The van der Waals surface area contributed by atoms with Crippen molar-refractivity contribution in [2.45, 2.75) is 19.9 Å². The Balaban J connectivity index is 2.54. The van der Waals surface area contributed by atoms with Gasteiger partial charge in [0.05, 0.1) is 11.5 Å². The largest absolute Gasteiger partial charge is 0.314 e. The van der Waals surface area contributed by atoms with Gasteiger partial charge in [0.25, 0.3) is 0 Å². The van der Waals surface area contributed by atoms with E-state index in [1.54, 1.807) is 0 Å². The van der Waals surface area contributed by atoms with Crippen LogP contribution in [0, 0.1) is 0 Å². The Morgan fingerprint density at radius 2 is 2.00 bits per heavy atom. The highest BCUT2D eigenvalue weighted by Crippen LogP contribution is 2.09. The molecule has 0 aliphatic carbocycles. The molecule has 1 atom stereocenters. The summed E-state index contributed by atoms with van der Waals surface area (Å²) < 4.78 is 50.2. The van der Waals surface area contributed by atoms with Crippen LogP contribution in [0.4, 0.5) is 0 Å². The minimum absolute atomic E-state index is 0.0446. The highest BCUT2D eigenvalue weighted by molar-refractivity contribution is 7.90. The lowest BCUT2D eigenvalue weighted by atomic mass is 10.3. The molecular formula is C9H21N3O4S2. The monoisotopic (exact) mass is 299 g/mol. The van der Waals surface area contributed by atoms with Crippen molar-refractivity contribution < 1.29 is 16.8 Å². The van der Waals surface area contributed by atoms with Crippen molar-refractivity contribution in [3.63, 3.8) is 0 Å². The Labute approximate surface area is 109 Å². The van der Waals surface area contributed by atoms with Crippen molar-refractivity contribution in [3.05, 3.63) is 0 Å². The molecule has 18 heavy (non-hydrogen) atoms. The molecule has 108 valence electrons. The molecule has 1 heterocycles. The third-order valence-electron chi connectivity index (χ3n) is 2.86. The van der Waals surface area contributed by atoms with Crippen LogP contribution in [0.5, 0.6) is 0 Å². The van der Waals surface area contributed by atoms with Gasteiger partial charge in [-0.05, 0) is 13.8 Å². The zero-order valence-electron chi connectivity index (χ0n) is 10.7. The van der Waals surface area contributed by atoms with Gasteiger partial charge in [-0.2, -0.15) is 4.31 Å².